The molecule has 0 heterocycles. The Morgan fingerprint density at radius 1 is 1.31 bits per heavy atom. The zero-order valence-electron chi connectivity index (χ0n) is 9.86. The van der Waals surface area contributed by atoms with Gasteiger partial charge in [-0.1, -0.05) is 12.1 Å². The Balaban J connectivity index is 2.86. The van der Waals surface area contributed by atoms with Crippen LogP contribution in [0.5, 0.6) is 11.5 Å². The summed E-state index contributed by atoms with van der Waals surface area (Å²) in [6.07, 6.45) is 1.77. The zero-order chi connectivity index (χ0) is 11.8. The van der Waals surface area contributed by atoms with Gasteiger partial charge in [-0.05, 0) is 32.4 Å². The van der Waals surface area contributed by atoms with Gasteiger partial charge in [-0.25, -0.2) is 0 Å². The van der Waals surface area contributed by atoms with Crippen molar-refractivity contribution in [3.63, 3.8) is 0 Å². The molecule has 1 aromatic rings. The van der Waals surface area contributed by atoms with Crippen molar-refractivity contribution in [2.75, 3.05) is 20.3 Å². The Kier molecular flexibility index (Phi) is 5.67. The molecule has 0 atom stereocenters. The molecule has 4 nitrogen and oxygen atoms in total. The van der Waals surface area contributed by atoms with E-state index in [4.69, 9.17) is 20.2 Å². The van der Waals surface area contributed by atoms with Gasteiger partial charge in [0.15, 0.2) is 5.75 Å². The summed E-state index contributed by atoms with van der Waals surface area (Å²) in [4.78, 5) is 10.2. The normalized spacial score (nSPS) is 10.2. The fourth-order valence-corrected chi connectivity index (χ4v) is 1.42. The first kappa shape index (κ1) is 12.8. The van der Waals surface area contributed by atoms with Crippen molar-refractivity contribution >= 4 is 0 Å². The second kappa shape index (κ2) is 7.09. The molecule has 0 amide bonds. The lowest BCUT2D eigenvalue weighted by Gasteiger charge is -2.12. The maximum Gasteiger partial charge on any atom is 0.210 e. The highest BCUT2D eigenvalue weighted by molar-refractivity contribution is 5.46. The number of hydrogen-bond acceptors (Lipinski definition) is 4. The smallest absolute Gasteiger partial charge is 0.210 e. The van der Waals surface area contributed by atoms with Crippen LogP contribution in [-0.2, 0) is 11.3 Å². The van der Waals surface area contributed by atoms with E-state index in [1.54, 1.807) is 7.11 Å². The van der Waals surface area contributed by atoms with E-state index in [1.807, 2.05) is 25.1 Å². The molecule has 0 spiro atoms. The summed E-state index contributed by atoms with van der Waals surface area (Å²) >= 11 is 0. The molecule has 0 fully saturated rings. The van der Waals surface area contributed by atoms with Crippen molar-refractivity contribution in [1.82, 2.24) is 0 Å². The number of hydrogen-bond donors (Lipinski definition) is 1. The van der Waals surface area contributed by atoms with Crippen molar-refractivity contribution in [2.24, 2.45) is 5.73 Å². The first-order chi connectivity index (χ1) is 7.83. The summed E-state index contributed by atoms with van der Waals surface area (Å²) in [5.74, 6) is 1.34. The van der Waals surface area contributed by atoms with Crippen LogP contribution in [0.25, 0.3) is 0 Å². The van der Waals surface area contributed by atoms with Crippen LogP contribution in [0.15, 0.2) is 18.2 Å². The summed E-state index contributed by atoms with van der Waals surface area (Å²) in [5, 5.41) is 0. The lowest BCUT2D eigenvalue weighted by molar-refractivity contribution is -0.203. The van der Waals surface area contributed by atoms with Crippen molar-refractivity contribution in [3.05, 3.63) is 23.8 Å². The highest BCUT2D eigenvalue weighted by atomic mass is 17.2. The second-order valence-electron chi connectivity index (χ2n) is 3.33. The van der Waals surface area contributed by atoms with Gasteiger partial charge in [-0.15, -0.1) is 0 Å². The van der Waals surface area contributed by atoms with Crippen LogP contribution in [0.3, 0.4) is 0 Å². The number of methoxy groups -OCH3 is 1. The number of ether oxygens (including phenoxy) is 1. The molecule has 1 aromatic carbocycles. The average molecular weight is 225 g/mol. The molecule has 0 saturated carbocycles. The van der Waals surface area contributed by atoms with Crippen molar-refractivity contribution in [2.45, 2.75) is 19.8 Å². The number of nitrogens with two attached hydrogens (primary N) is 1. The predicted octanol–water partition coefficient (Wildman–Crippen LogP) is 1.92. The molecule has 0 saturated heterocycles. The van der Waals surface area contributed by atoms with Crippen molar-refractivity contribution < 1.29 is 14.5 Å². The van der Waals surface area contributed by atoms with Crippen LogP contribution in [0, 0.1) is 0 Å². The standard InChI is InChI=1S/C12H19NO3/c1-3-15-16-12-10(7-5-9-13)6-4-8-11(12)14-2/h4,6,8H,3,5,7,9,13H2,1-2H3. The lowest BCUT2D eigenvalue weighted by atomic mass is 10.1. The summed E-state index contributed by atoms with van der Waals surface area (Å²) in [6, 6.07) is 5.77. The average Bonchev–Trinajstić information content (AvgIpc) is 2.33. The quantitative estimate of drug-likeness (QED) is 0.569. The third-order valence-electron chi connectivity index (χ3n) is 2.19. The first-order valence-electron chi connectivity index (χ1n) is 5.48. The number of aryl methyl sites for hydroxylation is 1. The fourth-order valence-electron chi connectivity index (χ4n) is 1.42. The van der Waals surface area contributed by atoms with Gasteiger partial charge in [0.2, 0.25) is 5.75 Å². The van der Waals surface area contributed by atoms with E-state index in [2.05, 4.69) is 0 Å². The minimum Gasteiger partial charge on any atom is -0.493 e. The molecule has 4 heteroatoms. The van der Waals surface area contributed by atoms with Crippen LogP contribution in [0.2, 0.25) is 0 Å². The molecule has 16 heavy (non-hydrogen) atoms. The van der Waals surface area contributed by atoms with Crippen LogP contribution in [0.4, 0.5) is 0 Å². The van der Waals surface area contributed by atoms with Crippen LogP contribution in [0.1, 0.15) is 18.9 Å². The van der Waals surface area contributed by atoms with Crippen molar-refractivity contribution in [3.8, 4) is 11.5 Å². The van der Waals surface area contributed by atoms with Gasteiger partial charge in [-0.3, -0.25) is 0 Å². The van der Waals surface area contributed by atoms with Crippen molar-refractivity contribution in [1.29, 1.82) is 0 Å². The molecule has 0 aliphatic rings. The molecule has 0 aromatic heterocycles. The van der Waals surface area contributed by atoms with E-state index in [9.17, 15) is 0 Å². The van der Waals surface area contributed by atoms with E-state index in [-0.39, 0.29) is 0 Å². The topological polar surface area (TPSA) is 53.7 Å². The SMILES string of the molecule is CCOOc1c(CCCN)cccc1OC. The van der Waals surface area contributed by atoms with Gasteiger partial charge in [0.05, 0.1) is 13.7 Å². The molecule has 0 aliphatic carbocycles. The van der Waals surface area contributed by atoms with Gasteiger partial charge in [0.25, 0.3) is 0 Å². The Labute approximate surface area is 96.2 Å². The lowest BCUT2D eigenvalue weighted by Crippen LogP contribution is -2.04. The van der Waals surface area contributed by atoms with E-state index in [1.165, 1.54) is 0 Å². The third kappa shape index (κ3) is 3.40. The van der Waals surface area contributed by atoms with Crippen LogP contribution >= 0.6 is 0 Å². The number of rotatable bonds is 7. The molecule has 0 radical (unpaired) electrons. The minimum atomic E-state index is 0.494. The van der Waals surface area contributed by atoms with Gasteiger partial charge in [-0.2, -0.15) is 4.89 Å². The van der Waals surface area contributed by atoms with Gasteiger partial charge >= 0.3 is 0 Å². The Morgan fingerprint density at radius 2 is 2.12 bits per heavy atom. The number of para-hydroxylation sites is 1. The Bertz CT molecular complexity index is 315. The first-order valence-corrected chi connectivity index (χ1v) is 5.48. The van der Waals surface area contributed by atoms with E-state index < -0.39 is 0 Å². The highest BCUT2D eigenvalue weighted by Gasteiger charge is 2.11. The van der Waals surface area contributed by atoms with E-state index >= 15 is 0 Å². The van der Waals surface area contributed by atoms with Gasteiger partial charge in [0.1, 0.15) is 0 Å². The molecule has 1 rings (SSSR count). The third-order valence-corrected chi connectivity index (χ3v) is 2.19. The summed E-state index contributed by atoms with van der Waals surface area (Å²) < 4.78 is 5.23. The molecule has 0 unspecified atom stereocenters. The summed E-state index contributed by atoms with van der Waals surface area (Å²) in [7, 11) is 1.61. The number of benzene rings is 1. The molecule has 90 valence electrons. The van der Waals surface area contributed by atoms with E-state index in [0.717, 1.165) is 18.4 Å². The van der Waals surface area contributed by atoms with Gasteiger partial charge in [0, 0.05) is 5.56 Å². The Hall–Kier alpha value is -1.26. The minimum absolute atomic E-state index is 0.494. The molecular weight excluding hydrogens is 206 g/mol. The molecule has 2 N–H and O–H groups in total. The second-order valence-corrected chi connectivity index (χ2v) is 3.33. The Morgan fingerprint density at radius 3 is 2.75 bits per heavy atom. The fraction of sp³-hybridized carbons (Fsp3) is 0.500. The monoisotopic (exact) mass is 225 g/mol. The molecule has 0 aliphatic heterocycles. The van der Waals surface area contributed by atoms with Crippen LogP contribution in [-0.4, -0.2) is 20.3 Å². The maximum atomic E-state index is 5.49. The molecular formula is C12H19NO3. The zero-order valence-corrected chi connectivity index (χ0v) is 9.86. The maximum absolute atomic E-state index is 5.49. The van der Waals surface area contributed by atoms with Gasteiger partial charge < -0.3 is 15.4 Å². The summed E-state index contributed by atoms with van der Waals surface area (Å²) in [5.41, 5.74) is 6.55. The molecule has 0 bridgehead atoms. The van der Waals surface area contributed by atoms with Crippen LogP contribution < -0.4 is 15.4 Å². The highest BCUT2D eigenvalue weighted by Crippen LogP contribution is 2.31. The summed E-state index contributed by atoms with van der Waals surface area (Å²) in [6.45, 7) is 3.02. The van der Waals surface area contributed by atoms with E-state index in [0.29, 0.717) is 24.7 Å². The predicted molar refractivity (Wildman–Crippen MR) is 62.6 cm³/mol. The largest absolute Gasteiger partial charge is 0.493 e.